The van der Waals surface area contributed by atoms with Crippen LogP contribution in [-0.2, 0) is 0 Å². The molecule has 8 heteroatoms. The van der Waals surface area contributed by atoms with E-state index in [0.717, 1.165) is 0 Å². The van der Waals surface area contributed by atoms with Crippen LogP contribution in [0.25, 0.3) is 0 Å². The minimum absolute atomic E-state index is 0.0975. The van der Waals surface area contributed by atoms with Gasteiger partial charge in [0.05, 0.1) is 0 Å². The Bertz CT molecular complexity index is 301. The molecular formula is C4H7NO6S. The molecule has 0 aliphatic rings. The molecule has 70 valence electrons. The SMILES string of the molecule is Oc1cc(S(O)(O)O)c(O)n1O. The molecular weight excluding hydrogens is 190 g/mol. The molecule has 6 N–H and O–H groups in total. The van der Waals surface area contributed by atoms with Crippen LogP contribution in [0.5, 0.6) is 11.8 Å². The summed E-state index contributed by atoms with van der Waals surface area (Å²) in [5.41, 5.74) is 0. The normalized spacial score (nSPS) is 13.2. The Morgan fingerprint density at radius 1 is 1.17 bits per heavy atom. The first kappa shape index (κ1) is 9.00. The second-order valence-electron chi connectivity index (χ2n) is 2.02. The van der Waals surface area contributed by atoms with Crippen molar-refractivity contribution in [1.29, 1.82) is 0 Å². The third kappa shape index (κ3) is 1.28. The monoisotopic (exact) mass is 197 g/mol. The molecule has 0 spiro atoms. The maximum atomic E-state index is 8.85. The quantitative estimate of drug-likeness (QED) is 0.368. The first-order chi connectivity index (χ1) is 5.34. The van der Waals surface area contributed by atoms with E-state index >= 15 is 0 Å². The standard InChI is InChI=1S/C4H7NO6S/c6-3-1-2(12(9,10)11)4(7)5(3)8/h1,6-11H. The summed E-state index contributed by atoms with van der Waals surface area (Å²) < 4.78 is 25.7. The van der Waals surface area contributed by atoms with Crippen molar-refractivity contribution in [3.63, 3.8) is 0 Å². The minimum Gasteiger partial charge on any atom is -0.492 e. The van der Waals surface area contributed by atoms with Crippen LogP contribution in [0.3, 0.4) is 0 Å². The Balaban J connectivity index is 3.28. The number of hydrogen-bond acceptors (Lipinski definition) is 6. The molecule has 12 heavy (non-hydrogen) atoms. The average molecular weight is 197 g/mol. The second-order valence-corrected chi connectivity index (χ2v) is 3.50. The molecule has 7 nitrogen and oxygen atoms in total. The lowest BCUT2D eigenvalue weighted by Crippen LogP contribution is -1.95. The van der Waals surface area contributed by atoms with Crippen molar-refractivity contribution in [2.45, 2.75) is 4.90 Å². The fourth-order valence-corrected chi connectivity index (χ4v) is 1.25. The Kier molecular flexibility index (Phi) is 1.84. The zero-order chi connectivity index (χ0) is 9.52. The summed E-state index contributed by atoms with van der Waals surface area (Å²) in [7, 11) is -4.13. The largest absolute Gasteiger partial charge is 0.492 e. The lowest BCUT2D eigenvalue weighted by Gasteiger charge is -2.16. The number of nitrogens with zero attached hydrogens (tertiary/aromatic N) is 1. The van der Waals surface area contributed by atoms with Crippen molar-refractivity contribution in [1.82, 2.24) is 4.73 Å². The van der Waals surface area contributed by atoms with Crippen LogP contribution >= 0.6 is 10.9 Å². The van der Waals surface area contributed by atoms with E-state index in [-0.39, 0.29) is 4.73 Å². The highest BCUT2D eigenvalue weighted by Gasteiger charge is 2.26. The van der Waals surface area contributed by atoms with Crippen molar-refractivity contribution in [2.24, 2.45) is 0 Å². The summed E-state index contributed by atoms with van der Waals surface area (Å²) in [4.78, 5) is -0.734. The van der Waals surface area contributed by atoms with E-state index in [0.29, 0.717) is 6.07 Å². The Morgan fingerprint density at radius 3 is 1.83 bits per heavy atom. The zero-order valence-electron chi connectivity index (χ0n) is 5.62. The highest BCUT2D eigenvalue weighted by molar-refractivity contribution is 8.19. The van der Waals surface area contributed by atoms with Gasteiger partial charge >= 0.3 is 0 Å². The number of rotatable bonds is 1. The van der Waals surface area contributed by atoms with Crippen molar-refractivity contribution in [3.8, 4) is 11.8 Å². The number of aromatic nitrogens is 1. The molecule has 1 aromatic heterocycles. The molecule has 0 bridgehead atoms. The molecule has 0 radical (unpaired) electrons. The van der Waals surface area contributed by atoms with E-state index in [4.69, 9.17) is 29.1 Å². The van der Waals surface area contributed by atoms with Gasteiger partial charge in [-0.3, -0.25) is 0 Å². The predicted molar refractivity (Wildman–Crippen MR) is 38.7 cm³/mol. The molecule has 1 aromatic rings. The third-order valence-electron chi connectivity index (χ3n) is 1.19. The first-order valence-electron chi connectivity index (χ1n) is 2.67. The van der Waals surface area contributed by atoms with Crippen molar-refractivity contribution in [2.75, 3.05) is 0 Å². The van der Waals surface area contributed by atoms with Crippen molar-refractivity contribution >= 4 is 10.9 Å². The van der Waals surface area contributed by atoms with Gasteiger partial charge in [0, 0.05) is 6.07 Å². The topological polar surface area (TPSA) is 126 Å². The molecule has 0 saturated carbocycles. The van der Waals surface area contributed by atoms with E-state index in [1.807, 2.05) is 0 Å². The van der Waals surface area contributed by atoms with Gasteiger partial charge in [-0.2, -0.15) is 0 Å². The fraction of sp³-hybridized carbons (Fsp3) is 0. The molecule has 0 amide bonds. The van der Waals surface area contributed by atoms with Gasteiger partial charge in [0.15, 0.2) is 0 Å². The van der Waals surface area contributed by atoms with Gasteiger partial charge in [0.1, 0.15) is 15.8 Å². The molecule has 0 atom stereocenters. The maximum absolute atomic E-state index is 8.85. The number of hydrogen-bond donors (Lipinski definition) is 6. The smallest absolute Gasteiger partial charge is 0.248 e. The molecule has 0 aliphatic heterocycles. The Morgan fingerprint density at radius 2 is 1.67 bits per heavy atom. The minimum atomic E-state index is -4.13. The third-order valence-corrected chi connectivity index (χ3v) is 2.08. The van der Waals surface area contributed by atoms with Crippen LogP contribution < -0.4 is 0 Å². The molecule has 0 aromatic carbocycles. The van der Waals surface area contributed by atoms with Gasteiger partial charge in [-0.1, -0.05) is 0 Å². The average Bonchev–Trinajstić information content (AvgIpc) is 2.15. The lowest BCUT2D eigenvalue weighted by molar-refractivity contribution is 0.128. The van der Waals surface area contributed by atoms with Crippen LogP contribution in [0, 0.1) is 0 Å². The Hall–Kier alpha value is -1.09. The predicted octanol–water partition coefficient (Wildman–Crippen LogP) is 0.719. The lowest BCUT2D eigenvalue weighted by atomic mass is 10.6. The van der Waals surface area contributed by atoms with E-state index < -0.39 is 27.5 Å². The van der Waals surface area contributed by atoms with Gasteiger partial charge in [-0.25, -0.2) is 0 Å². The maximum Gasteiger partial charge on any atom is 0.248 e. The molecule has 0 unspecified atom stereocenters. The van der Waals surface area contributed by atoms with Crippen LogP contribution in [0.4, 0.5) is 0 Å². The van der Waals surface area contributed by atoms with Crippen LogP contribution in [-0.4, -0.2) is 33.8 Å². The molecule has 1 rings (SSSR count). The summed E-state index contributed by atoms with van der Waals surface area (Å²) >= 11 is 0. The Labute approximate surface area is 68.3 Å². The van der Waals surface area contributed by atoms with Crippen LogP contribution in [0.1, 0.15) is 0 Å². The summed E-state index contributed by atoms with van der Waals surface area (Å²) in [6, 6.07) is 0.630. The summed E-state index contributed by atoms with van der Waals surface area (Å²) in [6.45, 7) is 0. The summed E-state index contributed by atoms with van der Waals surface area (Å²) in [5, 5.41) is 26.3. The van der Waals surface area contributed by atoms with Gasteiger partial charge in [-0.05, 0) is 0 Å². The van der Waals surface area contributed by atoms with E-state index in [2.05, 4.69) is 0 Å². The summed E-state index contributed by atoms with van der Waals surface area (Å²) in [6.07, 6.45) is 0. The second kappa shape index (κ2) is 2.45. The van der Waals surface area contributed by atoms with Gasteiger partial charge in [0.25, 0.3) is 0 Å². The summed E-state index contributed by atoms with van der Waals surface area (Å²) in [5.74, 6) is -1.83. The van der Waals surface area contributed by atoms with E-state index in [1.54, 1.807) is 0 Å². The highest BCUT2D eigenvalue weighted by Crippen LogP contribution is 2.50. The number of aromatic hydroxyl groups is 2. The first-order valence-corrected chi connectivity index (χ1v) is 4.18. The molecule has 0 fully saturated rings. The van der Waals surface area contributed by atoms with Crippen LogP contribution in [0.15, 0.2) is 11.0 Å². The molecule has 0 aliphatic carbocycles. The molecule has 1 heterocycles. The highest BCUT2D eigenvalue weighted by atomic mass is 32.3. The van der Waals surface area contributed by atoms with Crippen molar-refractivity contribution in [3.05, 3.63) is 6.07 Å². The van der Waals surface area contributed by atoms with E-state index in [1.165, 1.54) is 0 Å². The van der Waals surface area contributed by atoms with Crippen molar-refractivity contribution < 1.29 is 29.1 Å². The van der Waals surface area contributed by atoms with Gasteiger partial charge in [-0.15, -0.1) is 4.73 Å². The fourth-order valence-electron chi connectivity index (χ4n) is 0.657. The van der Waals surface area contributed by atoms with E-state index in [9.17, 15) is 0 Å². The van der Waals surface area contributed by atoms with Gasteiger partial charge < -0.3 is 29.1 Å². The zero-order valence-corrected chi connectivity index (χ0v) is 6.43. The van der Waals surface area contributed by atoms with Gasteiger partial charge in [0.2, 0.25) is 11.8 Å². The molecule has 0 saturated heterocycles. The van der Waals surface area contributed by atoms with Crippen LogP contribution in [0.2, 0.25) is 0 Å².